The van der Waals surface area contributed by atoms with Crippen LogP contribution in [0.1, 0.15) is 5.56 Å². The summed E-state index contributed by atoms with van der Waals surface area (Å²) in [6.07, 6.45) is 0. The Morgan fingerprint density at radius 3 is 2.77 bits per heavy atom. The molecule has 0 unspecified atom stereocenters. The van der Waals surface area contributed by atoms with E-state index >= 15 is 0 Å². The van der Waals surface area contributed by atoms with Gasteiger partial charge in [0.25, 0.3) is 5.56 Å². The lowest BCUT2D eigenvalue weighted by Crippen LogP contribution is -2.12. The summed E-state index contributed by atoms with van der Waals surface area (Å²) in [5.41, 5.74) is 0.495. The van der Waals surface area contributed by atoms with Gasteiger partial charge >= 0.3 is 0 Å². The van der Waals surface area contributed by atoms with E-state index in [0.717, 1.165) is 10.9 Å². The second-order valence-corrected chi connectivity index (χ2v) is 2.97. The monoisotopic (exact) mass is 177 g/mol. The summed E-state index contributed by atoms with van der Waals surface area (Å²) in [5, 5.41) is 0.738. The zero-order valence-corrected chi connectivity index (χ0v) is 7.12. The number of aromatic nitrogens is 1. The van der Waals surface area contributed by atoms with Gasteiger partial charge in [-0.1, -0.05) is 22.7 Å². The van der Waals surface area contributed by atoms with Gasteiger partial charge in [0, 0.05) is 11.5 Å². The Kier molecular flexibility index (Phi) is 1.65. The summed E-state index contributed by atoms with van der Waals surface area (Å²) < 4.78 is 13.3. The maximum Gasteiger partial charge on any atom is 0.279 e. The van der Waals surface area contributed by atoms with Crippen LogP contribution in [-0.2, 0) is 0 Å². The lowest BCUT2D eigenvalue weighted by atomic mass is 10.1. The van der Waals surface area contributed by atoms with Gasteiger partial charge in [-0.15, -0.1) is 4.79 Å². The summed E-state index contributed by atoms with van der Waals surface area (Å²) in [4.78, 5) is 11.2. The van der Waals surface area contributed by atoms with Gasteiger partial charge in [0.15, 0.2) is 0 Å². The quantitative estimate of drug-likeness (QED) is 0.603. The molecule has 0 aliphatic heterocycles. The zero-order chi connectivity index (χ0) is 9.42. The first-order valence-corrected chi connectivity index (χ1v) is 3.98. The molecular weight excluding hydrogens is 169 g/mol. The van der Waals surface area contributed by atoms with E-state index in [2.05, 4.69) is 0 Å². The number of halogens is 1. The zero-order valence-electron chi connectivity index (χ0n) is 7.12. The van der Waals surface area contributed by atoms with Crippen molar-refractivity contribution in [1.29, 1.82) is 0 Å². The predicted octanol–water partition coefficient (Wildman–Crippen LogP) is 2.04. The van der Waals surface area contributed by atoms with E-state index < -0.39 is 5.56 Å². The molecular formula is C10H8FNO. The molecule has 1 aromatic heterocycles. The van der Waals surface area contributed by atoms with Crippen LogP contribution >= 0.6 is 0 Å². The Labute approximate surface area is 74.2 Å². The van der Waals surface area contributed by atoms with Crippen molar-refractivity contribution in [3.05, 3.63) is 46.2 Å². The highest BCUT2D eigenvalue weighted by molar-refractivity contribution is 5.81. The fourth-order valence-corrected chi connectivity index (χ4v) is 1.42. The number of hydrogen-bond acceptors (Lipinski definition) is 1. The molecule has 0 spiro atoms. The van der Waals surface area contributed by atoms with Crippen LogP contribution in [0.2, 0.25) is 0 Å². The van der Waals surface area contributed by atoms with Crippen LogP contribution < -0.4 is 5.56 Å². The van der Waals surface area contributed by atoms with Crippen molar-refractivity contribution in [1.82, 2.24) is 4.79 Å². The van der Waals surface area contributed by atoms with Crippen molar-refractivity contribution in [2.24, 2.45) is 0 Å². The third kappa shape index (κ3) is 1.13. The lowest BCUT2D eigenvalue weighted by Gasteiger charge is -2.02. The largest absolute Gasteiger partial charge is 0.279 e. The standard InChI is InChI=1S/C10H8FNO/c1-7-3-2-4-8-5-6-9(13)12(11)10(7)8/h2-6H,1H3. The third-order valence-corrected chi connectivity index (χ3v) is 2.06. The van der Waals surface area contributed by atoms with Gasteiger partial charge in [0.2, 0.25) is 0 Å². The number of hydrogen-bond donors (Lipinski definition) is 0. The van der Waals surface area contributed by atoms with E-state index in [1.165, 1.54) is 6.07 Å². The normalized spacial score (nSPS) is 10.6. The molecule has 13 heavy (non-hydrogen) atoms. The van der Waals surface area contributed by atoms with Crippen molar-refractivity contribution in [2.75, 3.05) is 0 Å². The van der Waals surface area contributed by atoms with Gasteiger partial charge in [0.1, 0.15) is 0 Å². The second-order valence-electron chi connectivity index (χ2n) is 2.97. The highest BCUT2D eigenvalue weighted by Crippen LogP contribution is 2.15. The first-order valence-electron chi connectivity index (χ1n) is 3.98. The van der Waals surface area contributed by atoms with Gasteiger partial charge in [-0.3, -0.25) is 4.79 Å². The molecule has 0 saturated heterocycles. The fraction of sp³-hybridized carbons (Fsp3) is 0.100. The molecule has 3 heteroatoms. The summed E-state index contributed by atoms with van der Waals surface area (Å²) in [5.74, 6) is 0. The van der Waals surface area contributed by atoms with Gasteiger partial charge in [-0.25, -0.2) is 0 Å². The summed E-state index contributed by atoms with van der Waals surface area (Å²) in [6, 6.07) is 8.24. The SMILES string of the molecule is Cc1cccc2ccc(=O)n(F)c12. The van der Waals surface area contributed by atoms with Gasteiger partial charge in [-0.2, -0.15) is 0 Å². The number of para-hydroxylation sites is 1. The molecule has 0 atom stereocenters. The van der Waals surface area contributed by atoms with Crippen molar-refractivity contribution >= 4 is 10.9 Å². The number of rotatable bonds is 0. The van der Waals surface area contributed by atoms with Crippen LogP contribution in [-0.4, -0.2) is 4.79 Å². The average molecular weight is 177 g/mol. The number of fused-ring (bicyclic) bond motifs is 1. The number of pyridine rings is 1. The molecule has 1 aromatic carbocycles. The van der Waals surface area contributed by atoms with E-state index in [1.807, 2.05) is 6.07 Å². The van der Waals surface area contributed by atoms with Crippen molar-refractivity contribution < 1.29 is 4.48 Å². The van der Waals surface area contributed by atoms with Crippen LogP contribution in [0.3, 0.4) is 0 Å². The Bertz CT molecular complexity index is 516. The topological polar surface area (TPSA) is 22.0 Å². The molecule has 0 bridgehead atoms. The van der Waals surface area contributed by atoms with Crippen molar-refractivity contribution in [2.45, 2.75) is 6.92 Å². The number of nitrogens with zero attached hydrogens (tertiary/aromatic N) is 1. The highest BCUT2D eigenvalue weighted by Gasteiger charge is 2.03. The fourth-order valence-electron chi connectivity index (χ4n) is 1.42. The smallest absolute Gasteiger partial charge is 0.267 e. The summed E-state index contributed by atoms with van der Waals surface area (Å²) in [6.45, 7) is 1.78. The predicted molar refractivity (Wildman–Crippen MR) is 49.5 cm³/mol. The van der Waals surface area contributed by atoms with Crippen molar-refractivity contribution in [3.63, 3.8) is 0 Å². The molecule has 2 nitrogen and oxygen atoms in total. The molecule has 0 N–H and O–H groups in total. The summed E-state index contributed by atoms with van der Waals surface area (Å²) >= 11 is 0. The Morgan fingerprint density at radius 2 is 2.00 bits per heavy atom. The minimum absolute atomic E-state index is 0.185. The molecule has 1 heterocycles. The molecule has 0 radical (unpaired) electrons. The van der Waals surface area contributed by atoms with E-state index in [-0.39, 0.29) is 4.79 Å². The van der Waals surface area contributed by atoms with Crippen LogP contribution in [0.25, 0.3) is 10.9 Å². The van der Waals surface area contributed by atoms with E-state index in [1.54, 1.807) is 25.1 Å². The Balaban J connectivity index is 3.05. The third-order valence-electron chi connectivity index (χ3n) is 2.06. The minimum atomic E-state index is -0.623. The first-order chi connectivity index (χ1) is 6.20. The van der Waals surface area contributed by atoms with E-state index in [9.17, 15) is 9.28 Å². The molecule has 0 fully saturated rings. The minimum Gasteiger partial charge on any atom is -0.267 e. The van der Waals surface area contributed by atoms with Crippen LogP contribution in [0.5, 0.6) is 0 Å². The van der Waals surface area contributed by atoms with Crippen LogP contribution in [0.15, 0.2) is 35.1 Å². The molecule has 66 valence electrons. The maximum atomic E-state index is 13.3. The first kappa shape index (κ1) is 7.98. The van der Waals surface area contributed by atoms with Crippen LogP contribution in [0, 0.1) is 6.92 Å². The maximum absolute atomic E-state index is 13.3. The molecule has 0 saturated carbocycles. The van der Waals surface area contributed by atoms with Crippen LogP contribution in [0.4, 0.5) is 4.48 Å². The molecule has 2 rings (SSSR count). The number of benzene rings is 1. The van der Waals surface area contributed by atoms with Gasteiger partial charge in [-0.05, 0) is 18.6 Å². The molecule has 0 aliphatic carbocycles. The average Bonchev–Trinajstić information content (AvgIpc) is 2.12. The van der Waals surface area contributed by atoms with E-state index in [4.69, 9.17) is 0 Å². The Hall–Kier alpha value is -1.64. The van der Waals surface area contributed by atoms with E-state index in [0.29, 0.717) is 5.52 Å². The molecule has 0 aliphatic rings. The number of aryl methyl sites for hydroxylation is 1. The Morgan fingerprint density at radius 1 is 1.23 bits per heavy atom. The van der Waals surface area contributed by atoms with Gasteiger partial charge in [0.05, 0.1) is 5.52 Å². The lowest BCUT2D eigenvalue weighted by molar-refractivity contribution is 0.370. The summed E-state index contributed by atoms with van der Waals surface area (Å²) in [7, 11) is 0. The van der Waals surface area contributed by atoms with Crippen molar-refractivity contribution in [3.8, 4) is 0 Å². The highest BCUT2D eigenvalue weighted by atomic mass is 19.2. The van der Waals surface area contributed by atoms with Gasteiger partial charge < -0.3 is 0 Å². The molecule has 2 aromatic rings. The second kappa shape index (κ2) is 2.69. The molecule has 0 amide bonds.